The van der Waals surface area contributed by atoms with Crippen LogP contribution in [0.4, 0.5) is 0 Å². The molecule has 0 fully saturated rings. The first kappa shape index (κ1) is 18.7. The van der Waals surface area contributed by atoms with Crippen molar-refractivity contribution in [1.82, 2.24) is 0 Å². The van der Waals surface area contributed by atoms with Crippen LogP contribution in [0.1, 0.15) is 84.6 Å². The zero-order chi connectivity index (χ0) is 16.2. The smallest absolute Gasteiger partial charge is 0.0222 e. The summed E-state index contributed by atoms with van der Waals surface area (Å²) in [5, 5.41) is 0. The van der Waals surface area contributed by atoms with Crippen molar-refractivity contribution in [3.63, 3.8) is 0 Å². The van der Waals surface area contributed by atoms with Crippen LogP contribution in [0.5, 0.6) is 0 Å². The molecule has 0 aromatic heterocycles. The molecule has 0 heterocycles. The molecule has 0 amide bonds. The fourth-order valence-corrected chi connectivity index (χ4v) is 3.08. The first-order valence-corrected chi connectivity index (χ1v) is 9.25. The summed E-state index contributed by atoms with van der Waals surface area (Å²) in [6.45, 7) is 9.17. The lowest BCUT2D eigenvalue weighted by Gasteiger charge is -2.19. The van der Waals surface area contributed by atoms with Gasteiger partial charge in [-0.15, -0.1) is 0 Å². The summed E-state index contributed by atoms with van der Waals surface area (Å²) >= 11 is 0. The van der Waals surface area contributed by atoms with E-state index in [4.69, 9.17) is 0 Å². The van der Waals surface area contributed by atoms with E-state index < -0.39 is 0 Å². The average Bonchev–Trinajstić information content (AvgIpc) is 2.56. The summed E-state index contributed by atoms with van der Waals surface area (Å²) in [4.78, 5) is 0. The lowest BCUT2D eigenvalue weighted by Crippen LogP contribution is -1.98. The maximum atomic E-state index is 2.51. The summed E-state index contributed by atoms with van der Waals surface area (Å²) in [7, 11) is 0. The first-order chi connectivity index (χ1) is 10.8. The quantitative estimate of drug-likeness (QED) is 0.391. The molecule has 0 aliphatic rings. The Morgan fingerprint density at radius 3 is 1.95 bits per heavy atom. The normalized spacial score (nSPS) is 13.2. The molecule has 1 aromatic rings. The van der Waals surface area contributed by atoms with E-state index in [2.05, 4.69) is 64.1 Å². The number of rotatable bonds is 10. The molecule has 122 valence electrons. The third-order valence-electron chi connectivity index (χ3n) is 4.07. The van der Waals surface area contributed by atoms with Crippen molar-refractivity contribution in [3.05, 3.63) is 53.1 Å². The minimum Gasteiger partial charge on any atom is -0.0810 e. The Morgan fingerprint density at radius 2 is 1.41 bits per heavy atom. The summed E-state index contributed by atoms with van der Waals surface area (Å²) in [6, 6.07) is 11.0. The molecular formula is C22H34. The molecule has 0 heteroatoms. The predicted octanol–water partition coefficient (Wildman–Crippen LogP) is 7.57. The fraction of sp³-hybridized carbons (Fsp3) is 0.545. The van der Waals surface area contributed by atoms with Crippen molar-refractivity contribution >= 4 is 5.57 Å². The standard InChI is InChI=1S/C22H34/c1-5-9-16-19(13-6-2)21(14-7-3)22(15-8-4)20-17-11-10-12-18-20/h10-12,16-18H,5-9,13-15H2,1-4H3/b19-16?,22-21-. The zero-order valence-electron chi connectivity index (χ0n) is 15.1. The van der Waals surface area contributed by atoms with Crippen LogP contribution in [-0.4, -0.2) is 0 Å². The van der Waals surface area contributed by atoms with Gasteiger partial charge in [-0.25, -0.2) is 0 Å². The monoisotopic (exact) mass is 298 g/mol. The molecule has 0 unspecified atom stereocenters. The average molecular weight is 299 g/mol. The number of hydrogen-bond donors (Lipinski definition) is 0. The Morgan fingerprint density at radius 1 is 0.773 bits per heavy atom. The Kier molecular flexibility index (Phi) is 9.62. The van der Waals surface area contributed by atoms with Gasteiger partial charge in [0.05, 0.1) is 0 Å². The molecule has 0 saturated heterocycles. The van der Waals surface area contributed by atoms with E-state index >= 15 is 0 Å². The second kappa shape index (κ2) is 11.3. The maximum absolute atomic E-state index is 2.51. The number of allylic oxidation sites excluding steroid dienone is 4. The molecule has 0 bridgehead atoms. The Labute approximate surface area is 138 Å². The third kappa shape index (κ3) is 5.83. The highest BCUT2D eigenvalue weighted by molar-refractivity contribution is 5.72. The summed E-state index contributed by atoms with van der Waals surface area (Å²) in [5.41, 5.74) is 6.25. The van der Waals surface area contributed by atoms with Gasteiger partial charge in [0.2, 0.25) is 0 Å². The Bertz CT molecular complexity index is 462. The van der Waals surface area contributed by atoms with E-state index in [1.165, 1.54) is 56.9 Å². The van der Waals surface area contributed by atoms with Gasteiger partial charge in [0.1, 0.15) is 0 Å². The highest BCUT2D eigenvalue weighted by atomic mass is 14.2. The van der Waals surface area contributed by atoms with Gasteiger partial charge in [0.25, 0.3) is 0 Å². The Hall–Kier alpha value is -1.30. The molecule has 0 saturated carbocycles. The van der Waals surface area contributed by atoms with E-state index in [9.17, 15) is 0 Å². The predicted molar refractivity (Wildman–Crippen MR) is 101 cm³/mol. The van der Waals surface area contributed by atoms with Crippen LogP contribution in [0, 0.1) is 0 Å². The van der Waals surface area contributed by atoms with Gasteiger partial charge in [0.15, 0.2) is 0 Å². The highest BCUT2D eigenvalue weighted by Crippen LogP contribution is 2.33. The maximum Gasteiger partial charge on any atom is -0.0222 e. The van der Waals surface area contributed by atoms with Crippen LogP contribution in [0.2, 0.25) is 0 Å². The van der Waals surface area contributed by atoms with Crippen LogP contribution >= 0.6 is 0 Å². The molecule has 0 aliphatic carbocycles. The molecule has 0 atom stereocenters. The van der Waals surface area contributed by atoms with Crippen molar-refractivity contribution in [2.24, 2.45) is 0 Å². The van der Waals surface area contributed by atoms with Gasteiger partial charge < -0.3 is 0 Å². The van der Waals surface area contributed by atoms with Crippen LogP contribution in [0.3, 0.4) is 0 Å². The number of benzene rings is 1. The third-order valence-corrected chi connectivity index (χ3v) is 4.07. The van der Waals surface area contributed by atoms with Crippen molar-refractivity contribution < 1.29 is 0 Å². The molecule has 1 aromatic carbocycles. The van der Waals surface area contributed by atoms with Crippen LogP contribution in [-0.2, 0) is 0 Å². The first-order valence-electron chi connectivity index (χ1n) is 9.25. The van der Waals surface area contributed by atoms with Crippen LogP contribution in [0.25, 0.3) is 5.57 Å². The van der Waals surface area contributed by atoms with E-state index in [-0.39, 0.29) is 0 Å². The van der Waals surface area contributed by atoms with Gasteiger partial charge >= 0.3 is 0 Å². The minimum atomic E-state index is 1.19. The second-order valence-electron chi connectivity index (χ2n) is 6.09. The van der Waals surface area contributed by atoms with Crippen molar-refractivity contribution in [2.45, 2.75) is 79.1 Å². The minimum absolute atomic E-state index is 1.19. The largest absolute Gasteiger partial charge is 0.0810 e. The zero-order valence-corrected chi connectivity index (χ0v) is 15.1. The molecule has 1 rings (SSSR count). The van der Waals surface area contributed by atoms with Gasteiger partial charge in [-0.3, -0.25) is 0 Å². The molecule has 22 heavy (non-hydrogen) atoms. The molecule has 0 radical (unpaired) electrons. The number of unbranched alkanes of at least 4 members (excludes halogenated alkanes) is 1. The molecular weight excluding hydrogens is 264 g/mol. The van der Waals surface area contributed by atoms with Crippen molar-refractivity contribution in [2.75, 3.05) is 0 Å². The Balaban J connectivity index is 3.34. The van der Waals surface area contributed by atoms with E-state index in [0.29, 0.717) is 0 Å². The summed E-state index contributed by atoms with van der Waals surface area (Å²) < 4.78 is 0. The number of hydrogen-bond acceptors (Lipinski definition) is 0. The molecule has 0 N–H and O–H groups in total. The molecule has 0 nitrogen and oxygen atoms in total. The summed E-state index contributed by atoms with van der Waals surface area (Å²) in [6.07, 6.45) is 12.2. The topological polar surface area (TPSA) is 0 Å². The van der Waals surface area contributed by atoms with Crippen LogP contribution < -0.4 is 0 Å². The SMILES string of the molecule is CCCC=C(CCC)/C(CCC)=C(/CCC)c1ccccc1. The molecule has 0 spiro atoms. The van der Waals surface area contributed by atoms with E-state index in [0.717, 1.165) is 0 Å². The van der Waals surface area contributed by atoms with Gasteiger partial charge in [0, 0.05) is 0 Å². The summed E-state index contributed by atoms with van der Waals surface area (Å²) in [5.74, 6) is 0. The van der Waals surface area contributed by atoms with Crippen LogP contribution in [0.15, 0.2) is 47.6 Å². The van der Waals surface area contributed by atoms with E-state index in [1.54, 1.807) is 16.7 Å². The van der Waals surface area contributed by atoms with Crippen molar-refractivity contribution in [3.8, 4) is 0 Å². The highest BCUT2D eigenvalue weighted by Gasteiger charge is 2.12. The van der Waals surface area contributed by atoms with E-state index in [1.807, 2.05) is 0 Å². The fourth-order valence-electron chi connectivity index (χ4n) is 3.08. The molecule has 0 aliphatic heterocycles. The van der Waals surface area contributed by atoms with Gasteiger partial charge in [-0.1, -0.05) is 89.8 Å². The lowest BCUT2D eigenvalue weighted by molar-refractivity contribution is 0.831. The lowest BCUT2D eigenvalue weighted by atomic mass is 9.87. The second-order valence-corrected chi connectivity index (χ2v) is 6.09. The van der Waals surface area contributed by atoms with Gasteiger partial charge in [-0.2, -0.15) is 0 Å². The van der Waals surface area contributed by atoms with Crippen molar-refractivity contribution in [1.29, 1.82) is 0 Å². The van der Waals surface area contributed by atoms with Gasteiger partial charge in [-0.05, 0) is 48.0 Å².